The van der Waals surface area contributed by atoms with Crippen LogP contribution in [0.25, 0.3) is 0 Å². The van der Waals surface area contributed by atoms with Gasteiger partial charge in [0, 0.05) is 16.3 Å². The van der Waals surface area contributed by atoms with Crippen molar-refractivity contribution in [2.75, 3.05) is 5.73 Å². The van der Waals surface area contributed by atoms with E-state index in [1.807, 2.05) is 38.1 Å². The van der Waals surface area contributed by atoms with Crippen LogP contribution in [0.15, 0.2) is 42.5 Å². The second kappa shape index (κ2) is 5.97. The summed E-state index contributed by atoms with van der Waals surface area (Å²) in [5.74, 6) is -0.117. The first kappa shape index (κ1) is 14.4. The molecule has 0 aliphatic rings. The van der Waals surface area contributed by atoms with Gasteiger partial charge < -0.3 is 11.1 Å². The average molecular weight is 289 g/mol. The zero-order valence-electron chi connectivity index (χ0n) is 11.5. The Morgan fingerprint density at radius 2 is 2.00 bits per heavy atom. The Hall–Kier alpha value is -2.00. The molecule has 3 nitrogen and oxygen atoms in total. The summed E-state index contributed by atoms with van der Waals surface area (Å²) in [6.07, 6.45) is 0. The van der Waals surface area contributed by atoms with Crippen LogP contribution in [0.1, 0.15) is 34.5 Å². The number of aryl methyl sites for hydroxylation is 1. The van der Waals surface area contributed by atoms with E-state index in [1.54, 1.807) is 18.2 Å². The lowest BCUT2D eigenvalue weighted by Gasteiger charge is -2.16. The Morgan fingerprint density at radius 3 is 2.65 bits per heavy atom. The fraction of sp³-hybridized carbons (Fsp3) is 0.188. The maximum absolute atomic E-state index is 12.3. The fourth-order valence-corrected chi connectivity index (χ4v) is 2.29. The lowest BCUT2D eigenvalue weighted by atomic mass is 10.1. The van der Waals surface area contributed by atoms with Gasteiger partial charge in [-0.05, 0) is 55.3 Å². The molecular weight excluding hydrogens is 272 g/mol. The number of hydrogen-bond donors (Lipinski definition) is 2. The SMILES string of the molecule is Cc1cc(Cl)ccc1C(=O)NC(C)c1cccc(N)c1. The van der Waals surface area contributed by atoms with Crippen LogP contribution in [-0.2, 0) is 0 Å². The molecular formula is C16H17ClN2O. The van der Waals surface area contributed by atoms with Crippen molar-refractivity contribution in [2.45, 2.75) is 19.9 Å². The highest BCUT2D eigenvalue weighted by atomic mass is 35.5. The highest BCUT2D eigenvalue weighted by Gasteiger charge is 2.13. The third kappa shape index (κ3) is 3.31. The van der Waals surface area contributed by atoms with E-state index < -0.39 is 0 Å². The third-order valence-corrected chi connectivity index (χ3v) is 3.43. The van der Waals surface area contributed by atoms with Gasteiger partial charge in [-0.15, -0.1) is 0 Å². The molecule has 0 bridgehead atoms. The molecule has 0 saturated carbocycles. The second-order valence-electron chi connectivity index (χ2n) is 4.82. The first-order valence-electron chi connectivity index (χ1n) is 6.40. The zero-order valence-corrected chi connectivity index (χ0v) is 12.2. The smallest absolute Gasteiger partial charge is 0.252 e. The summed E-state index contributed by atoms with van der Waals surface area (Å²) in [5, 5.41) is 3.59. The summed E-state index contributed by atoms with van der Waals surface area (Å²) in [4.78, 5) is 12.3. The van der Waals surface area contributed by atoms with Crippen LogP contribution in [0, 0.1) is 6.92 Å². The summed E-state index contributed by atoms with van der Waals surface area (Å²) in [6.45, 7) is 3.80. The van der Waals surface area contributed by atoms with Gasteiger partial charge in [-0.3, -0.25) is 4.79 Å². The molecule has 20 heavy (non-hydrogen) atoms. The largest absolute Gasteiger partial charge is 0.399 e. The van der Waals surface area contributed by atoms with Crippen LogP contribution in [0.2, 0.25) is 5.02 Å². The maximum atomic E-state index is 12.3. The van der Waals surface area contributed by atoms with Crippen molar-refractivity contribution < 1.29 is 4.79 Å². The number of nitrogen functional groups attached to an aromatic ring is 1. The van der Waals surface area contributed by atoms with Crippen LogP contribution >= 0.6 is 11.6 Å². The van der Waals surface area contributed by atoms with Gasteiger partial charge in [0.2, 0.25) is 0 Å². The summed E-state index contributed by atoms with van der Waals surface area (Å²) in [6, 6.07) is 12.6. The monoisotopic (exact) mass is 288 g/mol. The highest BCUT2D eigenvalue weighted by molar-refractivity contribution is 6.30. The van der Waals surface area contributed by atoms with Crippen molar-refractivity contribution >= 4 is 23.2 Å². The van der Waals surface area contributed by atoms with Crippen LogP contribution in [0.5, 0.6) is 0 Å². The minimum Gasteiger partial charge on any atom is -0.399 e. The quantitative estimate of drug-likeness (QED) is 0.846. The molecule has 0 heterocycles. The van der Waals surface area contributed by atoms with Crippen LogP contribution in [-0.4, -0.2) is 5.91 Å². The number of carbonyl (C=O) groups is 1. The average Bonchev–Trinajstić information content (AvgIpc) is 2.38. The van der Waals surface area contributed by atoms with E-state index >= 15 is 0 Å². The van der Waals surface area contributed by atoms with Gasteiger partial charge in [-0.2, -0.15) is 0 Å². The van der Waals surface area contributed by atoms with Gasteiger partial charge in [-0.1, -0.05) is 23.7 Å². The lowest BCUT2D eigenvalue weighted by molar-refractivity contribution is 0.0939. The minimum atomic E-state index is -0.117. The molecule has 3 N–H and O–H groups in total. The van der Waals surface area contributed by atoms with Gasteiger partial charge in [0.15, 0.2) is 0 Å². The number of rotatable bonds is 3. The molecule has 2 rings (SSSR count). The minimum absolute atomic E-state index is 0.110. The zero-order chi connectivity index (χ0) is 14.7. The molecule has 104 valence electrons. The van der Waals surface area contributed by atoms with E-state index in [1.165, 1.54) is 0 Å². The number of nitrogens with two attached hydrogens (primary N) is 1. The third-order valence-electron chi connectivity index (χ3n) is 3.19. The van der Waals surface area contributed by atoms with Crippen molar-refractivity contribution in [3.63, 3.8) is 0 Å². The standard InChI is InChI=1S/C16H17ClN2O/c1-10-8-13(17)6-7-15(10)16(20)19-11(2)12-4-3-5-14(18)9-12/h3-9,11H,18H2,1-2H3,(H,19,20). The van der Waals surface area contributed by atoms with E-state index in [-0.39, 0.29) is 11.9 Å². The molecule has 0 fully saturated rings. The Bertz CT molecular complexity index is 640. The van der Waals surface area contributed by atoms with Crippen molar-refractivity contribution in [1.29, 1.82) is 0 Å². The van der Waals surface area contributed by atoms with Gasteiger partial charge >= 0.3 is 0 Å². The van der Waals surface area contributed by atoms with Crippen LogP contribution in [0.3, 0.4) is 0 Å². The summed E-state index contributed by atoms with van der Waals surface area (Å²) >= 11 is 5.90. The molecule has 1 amide bonds. The molecule has 2 aromatic rings. The van der Waals surface area contributed by atoms with Gasteiger partial charge in [0.25, 0.3) is 5.91 Å². The first-order chi connectivity index (χ1) is 9.47. The molecule has 0 aliphatic carbocycles. The molecule has 0 spiro atoms. The topological polar surface area (TPSA) is 55.1 Å². The Labute approximate surface area is 123 Å². The van der Waals surface area contributed by atoms with Crippen molar-refractivity contribution in [3.8, 4) is 0 Å². The molecule has 0 radical (unpaired) electrons. The molecule has 0 saturated heterocycles. The number of nitrogens with one attached hydrogen (secondary N) is 1. The van der Waals surface area contributed by atoms with Gasteiger partial charge in [-0.25, -0.2) is 0 Å². The Morgan fingerprint density at radius 1 is 1.25 bits per heavy atom. The molecule has 1 unspecified atom stereocenters. The Kier molecular flexibility index (Phi) is 4.30. The van der Waals surface area contributed by atoms with E-state index in [0.29, 0.717) is 16.3 Å². The normalized spacial score (nSPS) is 11.9. The maximum Gasteiger partial charge on any atom is 0.252 e. The van der Waals surface area contributed by atoms with Crippen molar-refractivity contribution in [1.82, 2.24) is 5.32 Å². The first-order valence-corrected chi connectivity index (χ1v) is 6.77. The van der Waals surface area contributed by atoms with E-state index in [2.05, 4.69) is 5.32 Å². The van der Waals surface area contributed by atoms with E-state index in [4.69, 9.17) is 17.3 Å². The van der Waals surface area contributed by atoms with Crippen LogP contribution < -0.4 is 11.1 Å². The fourth-order valence-electron chi connectivity index (χ4n) is 2.07. The van der Waals surface area contributed by atoms with E-state index in [9.17, 15) is 4.79 Å². The number of amides is 1. The number of halogens is 1. The summed E-state index contributed by atoms with van der Waals surface area (Å²) in [7, 11) is 0. The molecule has 2 aromatic carbocycles. The van der Waals surface area contributed by atoms with Crippen molar-refractivity contribution in [2.24, 2.45) is 0 Å². The molecule has 0 aromatic heterocycles. The van der Waals surface area contributed by atoms with Gasteiger partial charge in [0.05, 0.1) is 6.04 Å². The van der Waals surface area contributed by atoms with Crippen molar-refractivity contribution in [3.05, 3.63) is 64.2 Å². The molecule has 0 aliphatic heterocycles. The van der Waals surface area contributed by atoms with Crippen LogP contribution in [0.4, 0.5) is 5.69 Å². The highest BCUT2D eigenvalue weighted by Crippen LogP contribution is 2.18. The lowest BCUT2D eigenvalue weighted by Crippen LogP contribution is -2.27. The number of carbonyl (C=O) groups excluding carboxylic acids is 1. The molecule has 4 heteroatoms. The Balaban J connectivity index is 2.15. The molecule has 1 atom stereocenters. The predicted molar refractivity (Wildman–Crippen MR) is 82.9 cm³/mol. The number of benzene rings is 2. The predicted octanol–water partition coefficient (Wildman–Crippen LogP) is 3.72. The summed E-state index contributed by atoms with van der Waals surface area (Å²) < 4.78 is 0. The van der Waals surface area contributed by atoms with Gasteiger partial charge in [0.1, 0.15) is 0 Å². The van der Waals surface area contributed by atoms with E-state index in [0.717, 1.165) is 11.1 Å². The number of hydrogen-bond acceptors (Lipinski definition) is 2. The number of anilines is 1. The second-order valence-corrected chi connectivity index (χ2v) is 5.26. The summed E-state index contributed by atoms with van der Waals surface area (Å²) in [5.41, 5.74) is 8.90.